The van der Waals surface area contributed by atoms with Gasteiger partial charge >= 0.3 is 6.18 Å². The Labute approximate surface area is 95.6 Å². The summed E-state index contributed by atoms with van der Waals surface area (Å²) in [5.74, 6) is -0.933. The van der Waals surface area contributed by atoms with E-state index < -0.39 is 23.2 Å². The first-order valence-corrected chi connectivity index (χ1v) is 4.75. The summed E-state index contributed by atoms with van der Waals surface area (Å²) in [5.41, 5.74) is 3.51. The molecule has 0 spiro atoms. The Hall–Kier alpha value is -2.03. The normalized spacial score (nSPS) is 11.0. The van der Waals surface area contributed by atoms with Crippen molar-refractivity contribution in [3.05, 3.63) is 34.4 Å². The van der Waals surface area contributed by atoms with Crippen molar-refractivity contribution in [1.82, 2.24) is 0 Å². The fraction of sp³-hybridized carbons (Fsp3) is 0.273. The van der Waals surface area contributed by atoms with Crippen LogP contribution in [0.1, 0.15) is 34.0 Å². The van der Waals surface area contributed by atoms with Crippen molar-refractivity contribution < 1.29 is 18.0 Å². The zero-order valence-corrected chi connectivity index (χ0v) is 8.93. The van der Waals surface area contributed by atoms with Crippen LogP contribution in [0.3, 0.4) is 0 Å². The lowest BCUT2D eigenvalue weighted by molar-refractivity contribution is -0.137. The molecule has 0 saturated carbocycles. The van der Waals surface area contributed by atoms with Gasteiger partial charge in [0, 0.05) is 5.56 Å². The minimum absolute atomic E-state index is 0.196. The average molecular weight is 242 g/mol. The standard InChI is InChI=1S/C11H9F3N2O/c1-2-6-3-7(5-15)9(11(12,13)14)4-8(6)10(16)17/h3-4H,2H2,1H3,(H2,16,17). The third kappa shape index (κ3) is 2.56. The molecule has 0 fully saturated rings. The highest BCUT2D eigenvalue weighted by atomic mass is 19.4. The number of nitrogens with zero attached hydrogens (tertiary/aromatic N) is 1. The van der Waals surface area contributed by atoms with Crippen molar-refractivity contribution in [2.75, 3.05) is 0 Å². The molecule has 1 rings (SSSR count). The second kappa shape index (κ2) is 4.45. The van der Waals surface area contributed by atoms with Crippen LogP contribution in [0.25, 0.3) is 0 Å². The minimum atomic E-state index is -4.68. The summed E-state index contributed by atoms with van der Waals surface area (Å²) < 4.78 is 37.8. The largest absolute Gasteiger partial charge is 0.417 e. The molecular formula is C11H9F3N2O. The van der Waals surface area contributed by atoms with E-state index >= 15 is 0 Å². The second-order valence-corrected chi connectivity index (χ2v) is 3.38. The SMILES string of the molecule is CCc1cc(C#N)c(C(F)(F)F)cc1C(N)=O. The van der Waals surface area contributed by atoms with Crippen LogP contribution >= 0.6 is 0 Å². The third-order valence-electron chi connectivity index (χ3n) is 2.32. The summed E-state index contributed by atoms with van der Waals surface area (Å²) in [7, 11) is 0. The van der Waals surface area contributed by atoms with E-state index in [1.54, 1.807) is 6.92 Å². The Bertz CT molecular complexity index is 501. The molecular weight excluding hydrogens is 233 g/mol. The molecule has 0 heterocycles. The van der Waals surface area contributed by atoms with Gasteiger partial charge in [-0.25, -0.2) is 0 Å². The van der Waals surface area contributed by atoms with Gasteiger partial charge in [-0.05, 0) is 24.1 Å². The Kier molecular flexibility index (Phi) is 3.42. The molecule has 0 saturated heterocycles. The summed E-state index contributed by atoms with van der Waals surface area (Å²) >= 11 is 0. The zero-order chi connectivity index (χ0) is 13.2. The van der Waals surface area contributed by atoms with Crippen molar-refractivity contribution in [3.63, 3.8) is 0 Å². The fourth-order valence-electron chi connectivity index (χ4n) is 1.49. The number of carbonyl (C=O) groups excluding carboxylic acids is 1. The zero-order valence-electron chi connectivity index (χ0n) is 8.93. The Morgan fingerprint density at radius 3 is 2.41 bits per heavy atom. The maximum atomic E-state index is 12.6. The van der Waals surface area contributed by atoms with Gasteiger partial charge in [-0.1, -0.05) is 6.92 Å². The van der Waals surface area contributed by atoms with Crippen molar-refractivity contribution in [1.29, 1.82) is 5.26 Å². The fourth-order valence-corrected chi connectivity index (χ4v) is 1.49. The number of rotatable bonds is 2. The lowest BCUT2D eigenvalue weighted by atomic mass is 9.96. The Balaban J connectivity index is 3.58. The van der Waals surface area contributed by atoms with Gasteiger partial charge < -0.3 is 5.73 Å². The Morgan fingerprint density at radius 1 is 1.47 bits per heavy atom. The first-order chi connectivity index (χ1) is 7.81. The van der Waals surface area contributed by atoms with Crippen LogP contribution in [0.15, 0.2) is 12.1 Å². The molecule has 17 heavy (non-hydrogen) atoms. The monoisotopic (exact) mass is 242 g/mol. The number of halogens is 3. The number of nitriles is 1. The highest BCUT2D eigenvalue weighted by Gasteiger charge is 2.34. The quantitative estimate of drug-likeness (QED) is 0.864. The van der Waals surface area contributed by atoms with Crippen molar-refractivity contribution in [2.24, 2.45) is 5.73 Å². The number of benzene rings is 1. The molecule has 1 amide bonds. The Morgan fingerprint density at radius 2 is 2.06 bits per heavy atom. The molecule has 0 atom stereocenters. The number of carbonyl (C=O) groups is 1. The van der Waals surface area contributed by atoms with Crippen molar-refractivity contribution >= 4 is 5.91 Å². The van der Waals surface area contributed by atoms with Crippen molar-refractivity contribution in [3.8, 4) is 6.07 Å². The van der Waals surface area contributed by atoms with Gasteiger partial charge in [-0.15, -0.1) is 0 Å². The van der Waals surface area contributed by atoms with Crippen LogP contribution in [-0.4, -0.2) is 5.91 Å². The number of aryl methyl sites for hydroxylation is 1. The average Bonchev–Trinajstić information content (AvgIpc) is 2.25. The smallest absolute Gasteiger partial charge is 0.366 e. The number of nitrogens with two attached hydrogens (primary N) is 1. The first-order valence-electron chi connectivity index (χ1n) is 4.75. The van der Waals surface area contributed by atoms with Crippen LogP contribution in [0.5, 0.6) is 0 Å². The summed E-state index contributed by atoms with van der Waals surface area (Å²) in [4.78, 5) is 11.0. The van der Waals surface area contributed by atoms with E-state index in [1.165, 1.54) is 6.07 Å². The van der Waals surface area contributed by atoms with Gasteiger partial charge in [0.25, 0.3) is 0 Å². The molecule has 2 N–H and O–H groups in total. The number of amides is 1. The molecule has 0 aliphatic carbocycles. The van der Waals surface area contributed by atoms with Gasteiger partial charge in [-0.3, -0.25) is 4.79 Å². The van der Waals surface area contributed by atoms with E-state index in [9.17, 15) is 18.0 Å². The van der Waals surface area contributed by atoms with E-state index in [0.717, 1.165) is 6.07 Å². The van der Waals surface area contributed by atoms with Crippen LogP contribution in [0.4, 0.5) is 13.2 Å². The molecule has 90 valence electrons. The lowest BCUT2D eigenvalue weighted by Gasteiger charge is -2.12. The number of primary amides is 1. The molecule has 0 unspecified atom stereocenters. The van der Waals surface area contributed by atoms with Gasteiger partial charge in [0.1, 0.15) is 0 Å². The number of hydrogen-bond acceptors (Lipinski definition) is 2. The maximum Gasteiger partial charge on any atom is 0.417 e. The summed E-state index contributed by atoms with van der Waals surface area (Å²) in [6.07, 6.45) is -4.35. The number of hydrogen-bond donors (Lipinski definition) is 1. The van der Waals surface area contributed by atoms with Crippen LogP contribution in [0.2, 0.25) is 0 Å². The maximum absolute atomic E-state index is 12.6. The first kappa shape index (κ1) is 13.0. The minimum Gasteiger partial charge on any atom is -0.366 e. The molecule has 0 aromatic heterocycles. The second-order valence-electron chi connectivity index (χ2n) is 3.38. The van der Waals surface area contributed by atoms with Gasteiger partial charge in [-0.2, -0.15) is 18.4 Å². The summed E-state index contributed by atoms with van der Waals surface area (Å²) in [5, 5.41) is 8.67. The van der Waals surface area contributed by atoms with Gasteiger partial charge in [0.2, 0.25) is 5.91 Å². The lowest BCUT2D eigenvalue weighted by Crippen LogP contribution is -2.17. The highest BCUT2D eigenvalue weighted by molar-refractivity contribution is 5.94. The number of alkyl halides is 3. The molecule has 0 radical (unpaired) electrons. The van der Waals surface area contributed by atoms with E-state index in [0.29, 0.717) is 18.1 Å². The van der Waals surface area contributed by atoms with Crippen molar-refractivity contribution in [2.45, 2.75) is 19.5 Å². The predicted molar refractivity (Wildman–Crippen MR) is 54.1 cm³/mol. The van der Waals surface area contributed by atoms with E-state index in [4.69, 9.17) is 11.0 Å². The molecule has 0 aliphatic heterocycles. The molecule has 0 bridgehead atoms. The van der Waals surface area contributed by atoms with E-state index in [2.05, 4.69) is 0 Å². The highest BCUT2D eigenvalue weighted by Crippen LogP contribution is 2.33. The van der Waals surface area contributed by atoms with Crippen LogP contribution < -0.4 is 5.73 Å². The molecule has 3 nitrogen and oxygen atoms in total. The van der Waals surface area contributed by atoms with E-state index in [-0.39, 0.29) is 5.56 Å². The molecule has 1 aromatic rings. The summed E-state index contributed by atoms with van der Waals surface area (Å²) in [6.45, 7) is 1.66. The van der Waals surface area contributed by atoms with Crippen LogP contribution in [-0.2, 0) is 12.6 Å². The topological polar surface area (TPSA) is 66.9 Å². The van der Waals surface area contributed by atoms with Gasteiger partial charge in [0.15, 0.2) is 0 Å². The predicted octanol–water partition coefficient (Wildman–Crippen LogP) is 2.24. The van der Waals surface area contributed by atoms with E-state index in [1.807, 2.05) is 0 Å². The molecule has 6 heteroatoms. The summed E-state index contributed by atoms with van der Waals surface area (Å²) in [6, 6.07) is 3.17. The molecule has 0 aliphatic rings. The van der Waals surface area contributed by atoms with Gasteiger partial charge in [0.05, 0.1) is 17.2 Å². The molecule has 1 aromatic carbocycles. The third-order valence-corrected chi connectivity index (χ3v) is 2.32. The van der Waals surface area contributed by atoms with Crippen LogP contribution in [0, 0.1) is 11.3 Å².